The molecule has 0 aliphatic carbocycles. The number of carbonyl (C=O) groups is 1. The molecule has 2 rings (SSSR count). The number of benzene rings is 2. The van der Waals surface area contributed by atoms with Crippen LogP contribution in [0.15, 0.2) is 48.5 Å². The molecular formula is C22H25NO3. The van der Waals surface area contributed by atoms with Crippen molar-refractivity contribution in [3.63, 3.8) is 0 Å². The minimum Gasteiger partial charge on any atom is -0.493 e. The summed E-state index contributed by atoms with van der Waals surface area (Å²) in [5.74, 6) is 0.248. The zero-order chi connectivity index (χ0) is 18.6. The van der Waals surface area contributed by atoms with Crippen LogP contribution < -0.4 is 9.47 Å². The van der Waals surface area contributed by atoms with Crippen molar-refractivity contribution in [1.82, 2.24) is 0 Å². The van der Waals surface area contributed by atoms with Crippen molar-refractivity contribution in [3.05, 3.63) is 59.7 Å². The van der Waals surface area contributed by atoms with Crippen molar-refractivity contribution < 1.29 is 14.3 Å². The Kier molecular flexibility index (Phi) is 8.21. The average molecular weight is 351 g/mol. The standard InChI is InChI=1S/C22H25NO3/c1-2-3-4-5-6-11-16-25-21-15-10-8-13-19(21)22(24)26-20-14-9-7-12-18(20)17-23/h7-10,12-15H,2-6,11,16H2,1H3. The average Bonchev–Trinajstić information content (AvgIpc) is 2.68. The van der Waals surface area contributed by atoms with Gasteiger partial charge in [-0.05, 0) is 30.7 Å². The van der Waals surface area contributed by atoms with Crippen molar-refractivity contribution in [2.45, 2.75) is 45.4 Å². The first kappa shape index (κ1) is 19.5. The van der Waals surface area contributed by atoms with Crippen LogP contribution >= 0.6 is 0 Å². The van der Waals surface area contributed by atoms with Crippen LogP contribution in [0.3, 0.4) is 0 Å². The van der Waals surface area contributed by atoms with Crippen LogP contribution in [-0.4, -0.2) is 12.6 Å². The van der Waals surface area contributed by atoms with E-state index in [1.807, 2.05) is 12.1 Å². The van der Waals surface area contributed by atoms with Gasteiger partial charge in [0.15, 0.2) is 0 Å². The molecule has 4 nitrogen and oxygen atoms in total. The highest BCUT2D eigenvalue weighted by molar-refractivity contribution is 5.94. The second-order valence-electron chi connectivity index (χ2n) is 6.11. The van der Waals surface area contributed by atoms with Crippen LogP contribution in [0.5, 0.6) is 11.5 Å². The zero-order valence-corrected chi connectivity index (χ0v) is 15.2. The SMILES string of the molecule is CCCCCCCCOc1ccccc1C(=O)Oc1ccccc1C#N. The highest BCUT2D eigenvalue weighted by atomic mass is 16.5. The first-order valence-electron chi connectivity index (χ1n) is 9.19. The van der Waals surface area contributed by atoms with E-state index in [0.717, 1.165) is 12.8 Å². The molecule has 0 spiro atoms. The lowest BCUT2D eigenvalue weighted by atomic mass is 10.1. The number of hydrogen-bond donors (Lipinski definition) is 0. The smallest absolute Gasteiger partial charge is 0.347 e. The maximum atomic E-state index is 12.5. The number of ether oxygens (including phenoxy) is 2. The summed E-state index contributed by atoms with van der Waals surface area (Å²) in [7, 11) is 0. The Labute approximate surface area is 155 Å². The molecule has 0 atom stereocenters. The minimum atomic E-state index is -0.522. The molecule has 0 saturated heterocycles. The van der Waals surface area contributed by atoms with Gasteiger partial charge in [-0.3, -0.25) is 0 Å². The quantitative estimate of drug-likeness (QED) is 0.321. The topological polar surface area (TPSA) is 59.3 Å². The van der Waals surface area contributed by atoms with E-state index in [9.17, 15) is 4.79 Å². The van der Waals surface area contributed by atoms with Gasteiger partial charge in [0, 0.05) is 0 Å². The molecule has 2 aromatic carbocycles. The van der Waals surface area contributed by atoms with E-state index < -0.39 is 5.97 Å². The minimum absolute atomic E-state index is 0.255. The molecule has 0 fully saturated rings. The highest BCUT2D eigenvalue weighted by Crippen LogP contribution is 2.23. The second-order valence-corrected chi connectivity index (χ2v) is 6.11. The van der Waals surface area contributed by atoms with Crippen LogP contribution in [0, 0.1) is 11.3 Å². The summed E-state index contributed by atoms with van der Waals surface area (Å²) in [6, 6.07) is 15.7. The first-order chi connectivity index (χ1) is 12.8. The largest absolute Gasteiger partial charge is 0.493 e. The summed E-state index contributed by atoms with van der Waals surface area (Å²) in [5.41, 5.74) is 0.692. The normalized spacial score (nSPS) is 10.2. The van der Waals surface area contributed by atoms with Crippen LogP contribution in [0.25, 0.3) is 0 Å². The van der Waals surface area contributed by atoms with Crippen LogP contribution in [0.4, 0.5) is 0 Å². The molecule has 0 unspecified atom stereocenters. The molecule has 0 bridgehead atoms. The summed E-state index contributed by atoms with van der Waals surface area (Å²) in [4.78, 5) is 12.5. The van der Waals surface area contributed by atoms with Gasteiger partial charge in [0.2, 0.25) is 0 Å². The van der Waals surface area contributed by atoms with E-state index >= 15 is 0 Å². The third kappa shape index (κ3) is 5.93. The van der Waals surface area contributed by atoms with Gasteiger partial charge in [-0.15, -0.1) is 0 Å². The van der Waals surface area contributed by atoms with E-state index in [-0.39, 0.29) is 5.75 Å². The Hall–Kier alpha value is -2.80. The molecule has 0 amide bonds. The molecule has 2 aromatic rings. The predicted octanol–water partition coefficient (Wildman–Crippen LogP) is 5.52. The zero-order valence-electron chi connectivity index (χ0n) is 15.2. The van der Waals surface area contributed by atoms with E-state index in [0.29, 0.717) is 23.5 Å². The summed E-state index contributed by atoms with van der Waals surface area (Å²) >= 11 is 0. The molecule has 0 N–H and O–H groups in total. The van der Waals surface area contributed by atoms with E-state index in [2.05, 4.69) is 6.92 Å². The van der Waals surface area contributed by atoms with Crippen molar-refractivity contribution in [3.8, 4) is 17.6 Å². The van der Waals surface area contributed by atoms with Gasteiger partial charge in [-0.2, -0.15) is 5.26 Å². The maximum Gasteiger partial charge on any atom is 0.347 e. The van der Waals surface area contributed by atoms with E-state index in [4.69, 9.17) is 14.7 Å². The number of hydrogen-bond acceptors (Lipinski definition) is 4. The van der Waals surface area contributed by atoms with Crippen molar-refractivity contribution in [2.75, 3.05) is 6.61 Å². The molecular weight excluding hydrogens is 326 g/mol. The lowest BCUT2D eigenvalue weighted by Gasteiger charge is -2.11. The molecule has 0 aliphatic rings. The van der Waals surface area contributed by atoms with Gasteiger partial charge in [0.05, 0.1) is 12.2 Å². The number of carbonyl (C=O) groups excluding carboxylic acids is 1. The molecule has 0 aromatic heterocycles. The van der Waals surface area contributed by atoms with Gasteiger partial charge >= 0.3 is 5.97 Å². The van der Waals surface area contributed by atoms with Gasteiger partial charge < -0.3 is 9.47 Å². The number of unbranched alkanes of at least 4 members (excludes halogenated alkanes) is 5. The van der Waals surface area contributed by atoms with Crippen molar-refractivity contribution in [1.29, 1.82) is 5.26 Å². The van der Waals surface area contributed by atoms with Gasteiger partial charge in [-0.25, -0.2) is 4.79 Å². The number of rotatable bonds is 10. The number of nitriles is 1. The fourth-order valence-electron chi connectivity index (χ4n) is 2.63. The number of para-hydroxylation sites is 2. The summed E-state index contributed by atoms with van der Waals surface area (Å²) < 4.78 is 11.2. The Morgan fingerprint density at radius 1 is 0.923 bits per heavy atom. The van der Waals surface area contributed by atoms with Crippen LogP contribution in [0.2, 0.25) is 0 Å². The highest BCUT2D eigenvalue weighted by Gasteiger charge is 2.16. The molecule has 0 radical (unpaired) electrons. The Balaban J connectivity index is 1.93. The first-order valence-corrected chi connectivity index (χ1v) is 9.19. The fourth-order valence-corrected chi connectivity index (χ4v) is 2.63. The summed E-state index contributed by atoms with van der Waals surface area (Å²) in [6.07, 6.45) is 7.08. The van der Waals surface area contributed by atoms with Gasteiger partial charge in [0.25, 0.3) is 0 Å². The lowest BCUT2D eigenvalue weighted by molar-refractivity contribution is 0.0729. The Morgan fingerprint density at radius 2 is 1.58 bits per heavy atom. The summed E-state index contributed by atoms with van der Waals surface area (Å²) in [5, 5.41) is 9.11. The lowest BCUT2D eigenvalue weighted by Crippen LogP contribution is -2.12. The number of nitrogens with zero attached hydrogens (tertiary/aromatic N) is 1. The third-order valence-corrected chi connectivity index (χ3v) is 4.07. The maximum absolute atomic E-state index is 12.5. The molecule has 0 aliphatic heterocycles. The van der Waals surface area contributed by atoms with Crippen molar-refractivity contribution >= 4 is 5.97 Å². The monoisotopic (exact) mass is 351 g/mol. The summed E-state index contributed by atoms with van der Waals surface area (Å²) in [6.45, 7) is 2.78. The van der Waals surface area contributed by atoms with E-state index in [1.54, 1.807) is 42.5 Å². The van der Waals surface area contributed by atoms with Gasteiger partial charge in [-0.1, -0.05) is 63.3 Å². The van der Waals surface area contributed by atoms with Crippen molar-refractivity contribution in [2.24, 2.45) is 0 Å². The van der Waals surface area contributed by atoms with Gasteiger partial charge in [0.1, 0.15) is 23.1 Å². The van der Waals surface area contributed by atoms with Crippen LogP contribution in [-0.2, 0) is 0 Å². The molecule has 0 heterocycles. The van der Waals surface area contributed by atoms with E-state index in [1.165, 1.54) is 25.7 Å². The van der Waals surface area contributed by atoms with Crippen LogP contribution in [0.1, 0.15) is 61.4 Å². The molecule has 26 heavy (non-hydrogen) atoms. The molecule has 4 heteroatoms. The number of esters is 1. The fraction of sp³-hybridized carbons (Fsp3) is 0.364. The Morgan fingerprint density at radius 3 is 2.35 bits per heavy atom. The third-order valence-electron chi connectivity index (χ3n) is 4.07. The Bertz CT molecular complexity index is 749. The predicted molar refractivity (Wildman–Crippen MR) is 101 cm³/mol. The molecule has 136 valence electrons. The second kappa shape index (κ2) is 10.9. The molecule has 0 saturated carbocycles.